The number of nitrogens with zero attached hydrogens (tertiary/aromatic N) is 1. The maximum atomic E-state index is 12.4. The van der Waals surface area contributed by atoms with Crippen molar-refractivity contribution in [2.75, 3.05) is 11.9 Å². The SMILES string of the molecule is NS(=O)(=O)c1ccc(CCNc2nc(C(F)(F)F)cs2)cc1. The molecule has 1 aromatic heterocycles. The second kappa shape index (κ2) is 6.23. The minimum absolute atomic E-state index is 0.0129. The molecule has 22 heavy (non-hydrogen) atoms. The van der Waals surface area contributed by atoms with E-state index in [1.807, 2.05) is 0 Å². The van der Waals surface area contributed by atoms with E-state index in [1.54, 1.807) is 12.1 Å². The molecular weight excluding hydrogens is 339 g/mol. The summed E-state index contributed by atoms with van der Waals surface area (Å²) in [7, 11) is -3.72. The molecule has 1 aromatic carbocycles. The van der Waals surface area contributed by atoms with Crippen LogP contribution in [0.2, 0.25) is 0 Å². The van der Waals surface area contributed by atoms with E-state index in [1.165, 1.54) is 12.1 Å². The van der Waals surface area contributed by atoms with Crippen molar-refractivity contribution in [1.82, 2.24) is 4.98 Å². The number of nitrogens with one attached hydrogen (secondary N) is 1. The van der Waals surface area contributed by atoms with E-state index in [0.717, 1.165) is 22.3 Å². The van der Waals surface area contributed by atoms with Crippen LogP contribution < -0.4 is 10.5 Å². The summed E-state index contributed by atoms with van der Waals surface area (Å²) in [6, 6.07) is 5.97. The van der Waals surface area contributed by atoms with Crippen LogP contribution in [0.3, 0.4) is 0 Å². The number of nitrogens with two attached hydrogens (primary N) is 1. The lowest BCUT2D eigenvalue weighted by atomic mass is 10.1. The third-order valence-corrected chi connectivity index (χ3v) is 4.47. The summed E-state index contributed by atoms with van der Waals surface area (Å²) in [4.78, 5) is 3.46. The molecule has 0 bridgehead atoms. The van der Waals surface area contributed by atoms with E-state index in [9.17, 15) is 21.6 Å². The molecule has 2 rings (SSSR count). The van der Waals surface area contributed by atoms with Crippen LogP contribution in [0.15, 0.2) is 34.5 Å². The van der Waals surface area contributed by atoms with Crippen LogP contribution in [-0.4, -0.2) is 19.9 Å². The Balaban J connectivity index is 1.90. The number of halogens is 3. The van der Waals surface area contributed by atoms with E-state index < -0.39 is 21.9 Å². The standard InChI is InChI=1S/C12H12F3N3O2S2/c13-12(14,15)10-7-21-11(18-10)17-6-5-8-1-3-9(4-2-8)22(16,19)20/h1-4,7H,5-6H2,(H,17,18)(H2,16,19,20). The second-order valence-corrected chi connectivity index (χ2v) is 6.82. The number of hydrogen-bond donors (Lipinski definition) is 2. The molecule has 0 fully saturated rings. The first-order valence-electron chi connectivity index (χ1n) is 6.04. The fourth-order valence-corrected chi connectivity index (χ4v) is 2.91. The number of thiazole rings is 1. The lowest BCUT2D eigenvalue weighted by molar-refractivity contribution is -0.140. The van der Waals surface area contributed by atoms with E-state index in [4.69, 9.17) is 5.14 Å². The number of rotatable bonds is 5. The van der Waals surface area contributed by atoms with Gasteiger partial charge in [-0.15, -0.1) is 11.3 Å². The molecular formula is C12H12F3N3O2S2. The fourth-order valence-electron chi connectivity index (χ4n) is 1.64. The van der Waals surface area contributed by atoms with Crippen molar-refractivity contribution in [3.05, 3.63) is 40.9 Å². The molecule has 0 amide bonds. The summed E-state index contributed by atoms with van der Waals surface area (Å²) >= 11 is 0.879. The Kier molecular flexibility index (Phi) is 4.73. The quantitative estimate of drug-likeness (QED) is 0.867. The summed E-state index contributed by atoms with van der Waals surface area (Å²) in [5.41, 5.74) is -0.0926. The van der Waals surface area contributed by atoms with Crippen molar-refractivity contribution in [3.63, 3.8) is 0 Å². The molecule has 0 saturated heterocycles. The molecule has 3 N–H and O–H groups in total. The van der Waals surface area contributed by atoms with Gasteiger partial charge in [-0.25, -0.2) is 18.5 Å². The molecule has 0 aliphatic heterocycles. The first kappa shape index (κ1) is 16.7. The van der Waals surface area contributed by atoms with E-state index in [2.05, 4.69) is 10.3 Å². The van der Waals surface area contributed by atoms with Crippen LogP contribution in [0.4, 0.5) is 18.3 Å². The van der Waals surface area contributed by atoms with Crippen molar-refractivity contribution in [3.8, 4) is 0 Å². The Morgan fingerprint density at radius 3 is 2.36 bits per heavy atom. The summed E-state index contributed by atoms with van der Waals surface area (Å²) in [6.45, 7) is 0.375. The highest BCUT2D eigenvalue weighted by atomic mass is 32.2. The van der Waals surface area contributed by atoms with Crippen molar-refractivity contribution in [2.45, 2.75) is 17.5 Å². The Morgan fingerprint density at radius 2 is 1.86 bits per heavy atom. The van der Waals surface area contributed by atoms with Crippen LogP contribution in [0.25, 0.3) is 0 Å². The number of hydrogen-bond acceptors (Lipinski definition) is 5. The Morgan fingerprint density at radius 1 is 1.23 bits per heavy atom. The highest BCUT2D eigenvalue weighted by Gasteiger charge is 2.33. The first-order chi connectivity index (χ1) is 10.2. The van der Waals surface area contributed by atoms with Crippen molar-refractivity contribution in [2.24, 2.45) is 5.14 Å². The van der Waals surface area contributed by atoms with E-state index in [0.29, 0.717) is 13.0 Å². The predicted molar refractivity (Wildman–Crippen MR) is 77.1 cm³/mol. The summed E-state index contributed by atoms with van der Waals surface area (Å²) in [6.07, 6.45) is -3.94. The normalized spacial score (nSPS) is 12.4. The average molecular weight is 351 g/mol. The topological polar surface area (TPSA) is 85.1 Å². The van der Waals surface area contributed by atoms with Gasteiger partial charge in [0.05, 0.1) is 4.90 Å². The number of aromatic nitrogens is 1. The Labute approximate surface area is 129 Å². The van der Waals surface area contributed by atoms with Gasteiger partial charge in [-0.2, -0.15) is 13.2 Å². The van der Waals surface area contributed by atoms with Gasteiger partial charge in [-0.05, 0) is 24.1 Å². The average Bonchev–Trinajstić information content (AvgIpc) is 2.87. The van der Waals surface area contributed by atoms with Crippen molar-refractivity contribution >= 4 is 26.5 Å². The zero-order chi connectivity index (χ0) is 16.4. The highest BCUT2D eigenvalue weighted by molar-refractivity contribution is 7.89. The summed E-state index contributed by atoms with van der Waals surface area (Å²) < 4.78 is 59.3. The predicted octanol–water partition coefficient (Wildman–Crippen LogP) is 2.46. The highest BCUT2D eigenvalue weighted by Crippen LogP contribution is 2.31. The van der Waals surface area contributed by atoms with Crippen LogP contribution >= 0.6 is 11.3 Å². The third-order valence-electron chi connectivity index (χ3n) is 2.74. The minimum atomic E-state index is -4.44. The van der Waals surface area contributed by atoms with E-state index in [-0.39, 0.29) is 10.0 Å². The number of alkyl halides is 3. The first-order valence-corrected chi connectivity index (χ1v) is 8.47. The molecule has 5 nitrogen and oxygen atoms in total. The Bertz CT molecular complexity index is 740. The summed E-state index contributed by atoms with van der Waals surface area (Å²) in [5, 5.41) is 8.91. The Hall–Kier alpha value is -1.65. The van der Waals surface area contributed by atoms with Gasteiger partial charge >= 0.3 is 6.18 Å². The molecule has 0 saturated carbocycles. The molecule has 0 aliphatic rings. The molecule has 10 heteroatoms. The van der Waals surface area contributed by atoms with E-state index >= 15 is 0 Å². The largest absolute Gasteiger partial charge is 0.434 e. The second-order valence-electron chi connectivity index (χ2n) is 4.40. The van der Waals surface area contributed by atoms with Gasteiger partial charge in [0.15, 0.2) is 10.8 Å². The van der Waals surface area contributed by atoms with Crippen LogP contribution in [0, 0.1) is 0 Å². The van der Waals surface area contributed by atoms with Gasteiger partial charge in [-0.3, -0.25) is 0 Å². The molecule has 0 radical (unpaired) electrons. The zero-order valence-electron chi connectivity index (χ0n) is 11.1. The van der Waals surface area contributed by atoms with Gasteiger partial charge in [0.1, 0.15) is 0 Å². The lowest BCUT2D eigenvalue weighted by Crippen LogP contribution is -2.12. The van der Waals surface area contributed by atoms with Gasteiger partial charge in [-0.1, -0.05) is 12.1 Å². The molecule has 0 atom stereocenters. The van der Waals surface area contributed by atoms with Crippen LogP contribution in [-0.2, 0) is 22.6 Å². The molecule has 0 unspecified atom stereocenters. The van der Waals surface area contributed by atoms with Crippen molar-refractivity contribution in [1.29, 1.82) is 0 Å². The molecule has 2 aromatic rings. The molecule has 1 heterocycles. The van der Waals surface area contributed by atoms with Crippen LogP contribution in [0.1, 0.15) is 11.3 Å². The minimum Gasteiger partial charge on any atom is -0.361 e. The maximum Gasteiger partial charge on any atom is 0.434 e. The number of sulfonamides is 1. The zero-order valence-corrected chi connectivity index (χ0v) is 12.7. The van der Waals surface area contributed by atoms with Gasteiger partial charge < -0.3 is 5.32 Å². The smallest absolute Gasteiger partial charge is 0.361 e. The molecule has 0 aliphatic carbocycles. The fraction of sp³-hybridized carbons (Fsp3) is 0.250. The van der Waals surface area contributed by atoms with Gasteiger partial charge in [0.25, 0.3) is 0 Å². The summed E-state index contributed by atoms with van der Waals surface area (Å²) in [5.74, 6) is 0. The molecule has 0 spiro atoms. The molecule has 120 valence electrons. The number of benzene rings is 1. The maximum absolute atomic E-state index is 12.4. The number of primary sulfonamides is 1. The van der Waals surface area contributed by atoms with Gasteiger partial charge in [0.2, 0.25) is 10.0 Å². The van der Waals surface area contributed by atoms with Crippen molar-refractivity contribution < 1.29 is 21.6 Å². The third kappa shape index (κ3) is 4.42. The van der Waals surface area contributed by atoms with Crippen LogP contribution in [0.5, 0.6) is 0 Å². The lowest BCUT2D eigenvalue weighted by Gasteiger charge is -2.04. The van der Waals surface area contributed by atoms with Gasteiger partial charge in [0, 0.05) is 11.9 Å². The number of anilines is 1. The monoisotopic (exact) mass is 351 g/mol.